The van der Waals surface area contributed by atoms with Crippen molar-refractivity contribution in [3.8, 4) is 0 Å². The van der Waals surface area contributed by atoms with Crippen LogP contribution in [0.25, 0.3) is 0 Å². The normalized spacial score (nSPS) is 30.6. The van der Waals surface area contributed by atoms with Crippen LogP contribution in [0.5, 0.6) is 0 Å². The average molecular weight is 258 g/mol. The van der Waals surface area contributed by atoms with Crippen molar-refractivity contribution in [3.63, 3.8) is 0 Å². The van der Waals surface area contributed by atoms with Gasteiger partial charge < -0.3 is 5.32 Å². The van der Waals surface area contributed by atoms with Crippen LogP contribution in [0, 0.1) is 5.41 Å². The number of nitrogens with zero attached hydrogens (tertiary/aromatic N) is 1. The highest BCUT2D eigenvalue weighted by Crippen LogP contribution is 2.41. The summed E-state index contributed by atoms with van der Waals surface area (Å²) < 4.78 is 26.0. The molecule has 0 unspecified atom stereocenters. The molecule has 1 saturated carbocycles. The summed E-state index contributed by atoms with van der Waals surface area (Å²) in [6, 6.07) is 0. The number of piperidine rings is 2. The van der Waals surface area contributed by atoms with E-state index in [-0.39, 0.29) is 5.25 Å². The molecular weight excluding hydrogens is 236 g/mol. The van der Waals surface area contributed by atoms with Crippen LogP contribution in [0.1, 0.15) is 38.5 Å². The molecule has 2 saturated heterocycles. The first kappa shape index (κ1) is 11.9. The second kappa shape index (κ2) is 4.21. The molecule has 3 fully saturated rings. The lowest BCUT2D eigenvalue weighted by molar-refractivity contribution is 0.110. The average Bonchev–Trinajstić information content (AvgIpc) is 3.15. The van der Waals surface area contributed by atoms with E-state index >= 15 is 0 Å². The molecule has 0 aromatic heterocycles. The van der Waals surface area contributed by atoms with Gasteiger partial charge in [0.25, 0.3) is 0 Å². The van der Waals surface area contributed by atoms with E-state index in [1.165, 1.54) is 12.8 Å². The molecule has 3 aliphatic rings. The summed E-state index contributed by atoms with van der Waals surface area (Å²) in [5.41, 5.74) is 0.445. The zero-order valence-electron chi connectivity index (χ0n) is 10.3. The van der Waals surface area contributed by atoms with Crippen LogP contribution in [0.15, 0.2) is 0 Å². The molecule has 0 bridgehead atoms. The van der Waals surface area contributed by atoms with Gasteiger partial charge in [-0.3, -0.25) is 0 Å². The van der Waals surface area contributed by atoms with Crippen molar-refractivity contribution >= 4 is 10.0 Å². The highest BCUT2D eigenvalue weighted by Gasteiger charge is 2.44. The van der Waals surface area contributed by atoms with Crippen LogP contribution in [0.3, 0.4) is 0 Å². The second-order valence-corrected chi connectivity index (χ2v) is 8.11. The lowest BCUT2D eigenvalue weighted by atomic mass is 9.72. The van der Waals surface area contributed by atoms with Crippen LogP contribution >= 0.6 is 0 Å². The van der Waals surface area contributed by atoms with Gasteiger partial charge in [-0.05, 0) is 57.0 Å². The molecule has 1 N–H and O–H groups in total. The molecule has 0 amide bonds. The molecule has 17 heavy (non-hydrogen) atoms. The second-order valence-electron chi connectivity index (χ2n) is 5.89. The van der Waals surface area contributed by atoms with E-state index in [1.54, 1.807) is 4.31 Å². The Morgan fingerprint density at radius 2 is 1.59 bits per heavy atom. The van der Waals surface area contributed by atoms with Gasteiger partial charge in [-0.1, -0.05) is 0 Å². The summed E-state index contributed by atoms with van der Waals surface area (Å²) >= 11 is 0. The number of rotatable bonds is 2. The maximum atomic E-state index is 12.1. The largest absolute Gasteiger partial charge is 0.317 e. The Bertz CT molecular complexity index is 373. The first-order chi connectivity index (χ1) is 8.12. The molecule has 1 aliphatic carbocycles. The van der Waals surface area contributed by atoms with Gasteiger partial charge in [0.15, 0.2) is 0 Å². The molecule has 2 heterocycles. The van der Waals surface area contributed by atoms with Gasteiger partial charge in [0.1, 0.15) is 0 Å². The van der Waals surface area contributed by atoms with Crippen molar-refractivity contribution in [2.75, 3.05) is 26.2 Å². The van der Waals surface area contributed by atoms with E-state index in [0.29, 0.717) is 5.41 Å². The molecular formula is C12H22N2O2S. The molecule has 2 aliphatic heterocycles. The number of sulfonamides is 1. The minimum Gasteiger partial charge on any atom is -0.317 e. The quantitative estimate of drug-likeness (QED) is 0.802. The predicted molar refractivity (Wildman–Crippen MR) is 67.3 cm³/mol. The summed E-state index contributed by atoms with van der Waals surface area (Å²) in [4.78, 5) is 0. The summed E-state index contributed by atoms with van der Waals surface area (Å²) in [6.07, 6.45) is 6.36. The van der Waals surface area contributed by atoms with Gasteiger partial charge in [0.05, 0.1) is 5.25 Å². The highest BCUT2D eigenvalue weighted by molar-refractivity contribution is 7.90. The number of hydrogen-bond acceptors (Lipinski definition) is 3. The van der Waals surface area contributed by atoms with Gasteiger partial charge in [-0.2, -0.15) is 0 Å². The monoisotopic (exact) mass is 258 g/mol. The van der Waals surface area contributed by atoms with Crippen molar-refractivity contribution in [2.45, 2.75) is 43.8 Å². The van der Waals surface area contributed by atoms with E-state index in [2.05, 4.69) is 5.32 Å². The summed E-state index contributed by atoms with van der Waals surface area (Å²) in [7, 11) is -2.93. The van der Waals surface area contributed by atoms with Crippen LogP contribution < -0.4 is 5.32 Å². The van der Waals surface area contributed by atoms with Crippen molar-refractivity contribution in [1.82, 2.24) is 9.62 Å². The van der Waals surface area contributed by atoms with Crippen LogP contribution in [-0.2, 0) is 10.0 Å². The maximum Gasteiger partial charge on any atom is 0.216 e. The van der Waals surface area contributed by atoms with Crippen molar-refractivity contribution in [2.24, 2.45) is 5.41 Å². The fraction of sp³-hybridized carbons (Fsp3) is 1.00. The summed E-state index contributed by atoms with van der Waals surface area (Å²) in [5.74, 6) is 0. The Hall–Kier alpha value is -0.130. The minimum atomic E-state index is -2.93. The molecule has 3 rings (SSSR count). The number of nitrogens with one attached hydrogen (secondary N) is 1. The van der Waals surface area contributed by atoms with Crippen LogP contribution in [0.2, 0.25) is 0 Å². The molecule has 0 radical (unpaired) electrons. The van der Waals surface area contributed by atoms with Gasteiger partial charge in [0.2, 0.25) is 10.0 Å². The smallest absolute Gasteiger partial charge is 0.216 e. The maximum absolute atomic E-state index is 12.1. The third kappa shape index (κ3) is 2.25. The number of hydrogen-bond donors (Lipinski definition) is 1. The first-order valence-corrected chi connectivity index (χ1v) is 8.33. The zero-order valence-corrected chi connectivity index (χ0v) is 11.1. The Morgan fingerprint density at radius 1 is 1.00 bits per heavy atom. The summed E-state index contributed by atoms with van der Waals surface area (Å²) in [5, 5.41) is 3.36. The SMILES string of the molecule is O=S(=O)(C1CC1)N1CCC2(CCNCC2)CC1. The van der Waals surface area contributed by atoms with E-state index in [1.807, 2.05) is 0 Å². The molecule has 0 aromatic rings. The fourth-order valence-electron chi connectivity index (χ4n) is 3.25. The van der Waals surface area contributed by atoms with E-state index < -0.39 is 10.0 Å². The molecule has 4 nitrogen and oxygen atoms in total. The third-order valence-corrected chi connectivity index (χ3v) is 7.15. The van der Waals surface area contributed by atoms with E-state index in [9.17, 15) is 8.42 Å². The molecule has 0 aromatic carbocycles. The fourth-order valence-corrected chi connectivity index (χ4v) is 5.09. The van der Waals surface area contributed by atoms with E-state index in [0.717, 1.165) is 51.9 Å². The van der Waals surface area contributed by atoms with Gasteiger partial charge >= 0.3 is 0 Å². The lowest BCUT2D eigenvalue weighted by Crippen LogP contribution is -2.47. The highest BCUT2D eigenvalue weighted by atomic mass is 32.2. The Balaban J connectivity index is 1.63. The molecule has 1 spiro atoms. The molecule has 5 heteroatoms. The molecule has 98 valence electrons. The van der Waals surface area contributed by atoms with Gasteiger partial charge in [-0.15, -0.1) is 0 Å². The Morgan fingerprint density at radius 3 is 2.12 bits per heavy atom. The Labute approximate surface area is 104 Å². The first-order valence-electron chi connectivity index (χ1n) is 6.82. The third-order valence-electron chi connectivity index (χ3n) is 4.75. The van der Waals surface area contributed by atoms with Gasteiger partial charge in [-0.25, -0.2) is 12.7 Å². The summed E-state index contributed by atoms with van der Waals surface area (Å²) in [6.45, 7) is 3.74. The zero-order chi connectivity index (χ0) is 11.9. The van der Waals surface area contributed by atoms with Crippen LogP contribution in [-0.4, -0.2) is 44.2 Å². The predicted octanol–water partition coefficient (Wildman–Crippen LogP) is 0.944. The van der Waals surface area contributed by atoms with Crippen molar-refractivity contribution in [3.05, 3.63) is 0 Å². The lowest BCUT2D eigenvalue weighted by Gasteiger charge is -2.44. The van der Waals surface area contributed by atoms with Crippen LogP contribution in [0.4, 0.5) is 0 Å². The van der Waals surface area contributed by atoms with Crippen molar-refractivity contribution < 1.29 is 8.42 Å². The van der Waals surface area contributed by atoms with E-state index in [4.69, 9.17) is 0 Å². The van der Waals surface area contributed by atoms with Gasteiger partial charge in [0, 0.05) is 13.1 Å². The standard InChI is InChI=1S/C12H22N2O2S/c15-17(16,11-1-2-11)14-9-5-12(6-10-14)3-7-13-8-4-12/h11,13H,1-10H2. The topological polar surface area (TPSA) is 49.4 Å². The van der Waals surface area contributed by atoms with Crippen molar-refractivity contribution in [1.29, 1.82) is 0 Å². The molecule has 0 atom stereocenters. The minimum absolute atomic E-state index is 0.0374. The Kier molecular flexibility index (Phi) is 2.96.